The van der Waals surface area contributed by atoms with Gasteiger partial charge in [0.1, 0.15) is 5.75 Å². The second-order valence-electron chi connectivity index (χ2n) is 7.67. The van der Waals surface area contributed by atoms with Gasteiger partial charge in [0, 0.05) is 32.6 Å². The first kappa shape index (κ1) is 30.8. The van der Waals surface area contributed by atoms with Crippen LogP contribution in [0.25, 0.3) is 11.4 Å². The monoisotopic (exact) mass is 520 g/mol. The second-order valence-corrected chi connectivity index (χ2v) is 9.61. The summed E-state index contributed by atoms with van der Waals surface area (Å²) in [6, 6.07) is 3.85. The third-order valence-electron chi connectivity index (χ3n) is 5.21. The van der Waals surface area contributed by atoms with Crippen molar-refractivity contribution in [2.75, 3.05) is 32.8 Å². The number of benzene rings is 1. The van der Waals surface area contributed by atoms with E-state index >= 15 is 0 Å². The molecule has 1 atom stereocenters. The highest BCUT2D eigenvalue weighted by atomic mass is 32.2. The first-order valence-electron chi connectivity index (χ1n) is 11.4. The van der Waals surface area contributed by atoms with Crippen LogP contribution in [0.2, 0.25) is 0 Å². The van der Waals surface area contributed by atoms with Gasteiger partial charge in [0.05, 0.1) is 23.1 Å². The molecule has 1 aliphatic rings. The maximum Gasteiger partial charge on any atom is 0.275 e. The number of hydrogen-bond donors (Lipinski definition) is 3. The highest BCUT2D eigenvalue weighted by Gasteiger charge is 2.27. The number of nitrogens with zero attached hydrogens (tertiary/aromatic N) is 3. The number of terminal acetylenes is 1. The zero-order valence-corrected chi connectivity index (χ0v) is 21.0. The van der Waals surface area contributed by atoms with E-state index in [0.29, 0.717) is 56.9 Å². The molecule has 1 aliphatic heterocycles. The van der Waals surface area contributed by atoms with Crippen molar-refractivity contribution in [2.24, 2.45) is 0 Å². The van der Waals surface area contributed by atoms with Crippen LogP contribution in [0.15, 0.2) is 27.9 Å². The molecule has 1 aromatic carbocycles. The summed E-state index contributed by atoms with van der Waals surface area (Å²) < 4.78 is 33.3. The predicted molar refractivity (Wildman–Crippen MR) is 139 cm³/mol. The molecule has 3 N–H and O–H groups in total. The fraction of sp³-hybridized carbons (Fsp3) is 0.500. The van der Waals surface area contributed by atoms with Gasteiger partial charge in [-0.15, -0.1) is 23.0 Å². The number of H-pyrrole nitrogens is 1. The number of ether oxygens (including phenoxy) is 1. The van der Waals surface area contributed by atoms with Gasteiger partial charge in [0.25, 0.3) is 5.56 Å². The Morgan fingerprint density at radius 3 is 2.47 bits per heavy atom. The molecule has 1 saturated heterocycles. The van der Waals surface area contributed by atoms with Gasteiger partial charge in [0.2, 0.25) is 15.9 Å². The molecule has 2 aromatic rings. The molecule has 1 amide bonds. The average molecular weight is 521 g/mol. The summed E-state index contributed by atoms with van der Waals surface area (Å²) in [5.74, 6) is 0.273. The lowest BCUT2D eigenvalue weighted by molar-refractivity contribution is -0.121. The maximum absolute atomic E-state index is 13.1. The van der Waals surface area contributed by atoms with Crippen molar-refractivity contribution in [2.45, 2.75) is 52.0 Å². The molecule has 0 radical (unpaired) electrons. The van der Waals surface area contributed by atoms with E-state index in [1.807, 2.05) is 6.92 Å². The number of nitrogens with one attached hydrogen (secondary N) is 3. The van der Waals surface area contributed by atoms with Crippen LogP contribution >= 0.6 is 0 Å². The first-order chi connectivity index (χ1) is 16.8. The van der Waals surface area contributed by atoms with Crippen molar-refractivity contribution < 1.29 is 17.9 Å². The van der Waals surface area contributed by atoms with E-state index in [9.17, 15) is 18.0 Å². The van der Waals surface area contributed by atoms with Gasteiger partial charge in [0.15, 0.2) is 11.5 Å². The van der Waals surface area contributed by atoms with Crippen LogP contribution < -0.4 is 20.9 Å². The Morgan fingerprint density at radius 2 is 1.89 bits per heavy atom. The lowest BCUT2D eigenvalue weighted by atomic mass is 10.2. The van der Waals surface area contributed by atoms with E-state index in [-0.39, 0.29) is 29.7 Å². The van der Waals surface area contributed by atoms with Crippen molar-refractivity contribution in [1.29, 1.82) is 0 Å². The van der Waals surface area contributed by atoms with Gasteiger partial charge in [-0.1, -0.05) is 14.4 Å². The molecular weight excluding hydrogens is 484 g/mol. The van der Waals surface area contributed by atoms with Crippen LogP contribution in [-0.4, -0.2) is 66.6 Å². The Labute approximate surface area is 213 Å². The van der Waals surface area contributed by atoms with Gasteiger partial charge in [-0.3, -0.25) is 9.59 Å². The van der Waals surface area contributed by atoms with E-state index in [2.05, 4.69) is 38.7 Å². The second kappa shape index (κ2) is 14.3. The Hall–Kier alpha value is -3.27. The van der Waals surface area contributed by atoms with Crippen LogP contribution in [0.3, 0.4) is 0 Å². The maximum atomic E-state index is 13.1. The molecule has 11 nitrogen and oxygen atoms in total. The normalized spacial score (nSPS) is 14.5. The molecule has 1 aromatic heterocycles. The minimum atomic E-state index is -3.72. The van der Waals surface area contributed by atoms with E-state index in [0.717, 1.165) is 0 Å². The number of carbonyl (C=O) groups is 1. The predicted octanol–water partition coefficient (Wildman–Crippen LogP) is 1.69. The first-order valence-corrected chi connectivity index (χ1v) is 12.8. The molecule has 0 saturated carbocycles. The molecule has 12 heteroatoms. The molecule has 1 unspecified atom stereocenters. The van der Waals surface area contributed by atoms with Crippen molar-refractivity contribution in [3.63, 3.8) is 0 Å². The summed E-state index contributed by atoms with van der Waals surface area (Å²) in [7, 11) is -3.72. The number of aromatic amines is 1. The SMILES string of the molecule is C.C#C.CCCC(=O)NC(C)c1nnc(-c2cc(S(=O)(=O)N3CCNCC3)ccc2OCC)[nH]c1=O. The standard InChI is InChI=1S/C21H30N6O5S.C2H2.CH4/c1-4-6-18(28)23-14(3)19-21(29)24-20(26-25-19)16-13-15(7-8-17(16)32-5-2)33(30,31)27-11-9-22-10-12-27;1-2;/h7-8,13-14,22H,4-6,9-12H2,1-3H3,(H,23,28)(H,24,26,29);1-2H;1H4. The topological polar surface area (TPSA) is 146 Å². The summed E-state index contributed by atoms with van der Waals surface area (Å²) in [5, 5.41) is 14.0. The van der Waals surface area contributed by atoms with Crippen LogP contribution in [0.5, 0.6) is 5.75 Å². The molecule has 3 rings (SSSR count). The number of piperazine rings is 1. The van der Waals surface area contributed by atoms with Gasteiger partial charge >= 0.3 is 0 Å². The fourth-order valence-electron chi connectivity index (χ4n) is 3.53. The Balaban J connectivity index is 0.00000211. The van der Waals surface area contributed by atoms with Crippen molar-refractivity contribution >= 4 is 15.9 Å². The van der Waals surface area contributed by atoms with Gasteiger partial charge in [-0.25, -0.2) is 8.42 Å². The van der Waals surface area contributed by atoms with Crippen LogP contribution in [0, 0.1) is 12.8 Å². The van der Waals surface area contributed by atoms with E-state index in [4.69, 9.17) is 4.74 Å². The summed E-state index contributed by atoms with van der Waals surface area (Å²) in [6.07, 6.45) is 9.03. The largest absolute Gasteiger partial charge is 0.493 e. The smallest absolute Gasteiger partial charge is 0.275 e. The number of aromatic nitrogens is 3. The average Bonchev–Trinajstić information content (AvgIpc) is 2.86. The minimum absolute atomic E-state index is 0. The van der Waals surface area contributed by atoms with Crippen molar-refractivity contribution in [1.82, 2.24) is 30.1 Å². The van der Waals surface area contributed by atoms with E-state index in [1.54, 1.807) is 19.9 Å². The van der Waals surface area contributed by atoms with Crippen molar-refractivity contribution in [3.8, 4) is 30.0 Å². The quantitative estimate of drug-likeness (QED) is 0.423. The third kappa shape index (κ3) is 7.36. The number of carbonyl (C=O) groups excluding carboxylic acids is 1. The Kier molecular flexibility index (Phi) is 12.2. The third-order valence-corrected chi connectivity index (χ3v) is 7.10. The van der Waals surface area contributed by atoms with Gasteiger partial charge in [-0.05, 0) is 38.5 Å². The van der Waals surface area contributed by atoms with Crippen molar-refractivity contribution in [3.05, 3.63) is 34.2 Å². The van der Waals surface area contributed by atoms with Crippen LogP contribution in [-0.2, 0) is 14.8 Å². The number of hydrogen-bond acceptors (Lipinski definition) is 8. The molecule has 36 heavy (non-hydrogen) atoms. The van der Waals surface area contributed by atoms with E-state index < -0.39 is 21.6 Å². The van der Waals surface area contributed by atoms with E-state index in [1.165, 1.54) is 16.4 Å². The molecule has 0 spiro atoms. The van der Waals surface area contributed by atoms with Gasteiger partial charge < -0.3 is 20.4 Å². The summed E-state index contributed by atoms with van der Waals surface area (Å²) in [6.45, 7) is 7.58. The van der Waals surface area contributed by atoms with Gasteiger partial charge in [-0.2, -0.15) is 4.31 Å². The minimum Gasteiger partial charge on any atom is -0.493 e. The number of amides is 1. The molecule has 2 heterocycles. The number of rotatable bonds is 9. The highest BCUT2D eigenvalue weighted by Crippen LogP contribution is 2.31. The lowest BCUT2D eigenvalue weighted by Gasteiger charge is -2.26. The number of sulfonamides is 1. The molecule has 198 valence electrons. The van der Waals surface area contributed by atoms with Crippen LogP contribution in [0.4, 0.5) is 0 Å². The summed E-state index contributed by atoms with van der Waals surface area (Å²) >= 11 is 0. The Morgan fingerprint density at radius 1 is 1.22 bits per heavy atom. The molecule has 0 bridgehead atoms. The lowest BCUT2D eigenvalue weighted by Crippen LogP contribution is -2.46. The summed E-state index contributed by atoms with van der Waals surface area (Å²) in [5.41, 5.74) is -0.153. The Bertz CT molecular complexity index is 1190. The zero-order chi connectivity index (χ0) is 26.0. The zero-order valence-electron chi connectivity index (χ0n) is 20.2. The molecule has 1 fully saturated rings. The molecular formula is C24H36N6O5S. The fourth-order valence-corrected chi connectivity index (χ4v) is 5.00. The summed E-state index contributed by atoms with van der Waals surface area (Å²) in [4.78, 5) is 27.3. The van der Waals surface area contributed by atoms with Crippen LogP contribution in [0.1, 0.15) is 52.8 Å². The highest BCUT2D eigenvalue weighted by molar-refractivity contribution is 7.89. The molecule has 0 aliphatic carbocycles.